The predicted molar refractivity (Wildman–Crippen MR) is 36.7 cm³/mol. The third-order valence-electron chi connectivity index (χ3n) is 1.67. The number of carbonyl (C=O) groups is 2. The Labute approximate surface area is 76.4 Å². The Morgan fingerprint density at radius 2 is 2.27 bits per heavy atom. The first-order chi connectivity index (χ1) is 5.16. The number of hydrogen-bond donors (Lipinski definition) is 0. The third-order valence-corrected chi connectivity index (χ3v) is 4.58. The number of likely N-dealkylation sites (tertiary alicyclic amines) is 1. The molecule has 1 saturated heterocycles. The zero-order chi connectivity index (χ0) is 8.43. The first-order valence-corrected chi connectivity index (χ1v) is 6.32. The maximum atomic E-state index is 11.2. The molecule has 0 radical (unpaired) electrons. The van der Waals surface area contributed by atoms with Crippen LogP contribution in [0.4, 0.5) is 0 Å². The van der Waals surface area contributed by atoms with E-state index in [1.807, 2.05) is 0 Å². The number of amides is 2. The van der Waals surface area contributed by atoms with Gasteiger partial charge in [-0.1, -0.05) is 0 Å². The Morgan fingerprint density at radius 1 is 1.64 bits per heavy atom. The summed E-state index contributed by atoms with van der Waals surface area (Å²) in [4.78, 5) is 23.5. The van der Waals surface area contributed by atoms with Crippen LogP contribution in [0.25, 0.3) is 0 Å². The van der Waals surface area contributed by atoms with E-state index in [1.165, 1.54) is 4.90 Å². The van der Waals surface area contributed by atoms with E-state index in [-0.39, 0.29) is 36.9 Å². The van der Waals surface area contributed by atoms with Gasteiger partial charge in [-0.25, -0.2) is 0 Å². The summed E-state index contributed by atoms with van der Waals surface area (Å²) < 4.78 is 1.16. The summed E-state index contributed by atoms with van der Waals surface area (Å²) in [5, 5.41) is 0. The average molecular weight is 268 g/mol. The number of nitrogens with zero attached hydrogens (tertiary/aromatic N) is 1. The van der Waals surface area contributed by atoms with Gasteiger partial charge in [-0.3, -0.25) is 0 Å². The molecular weight excluding hydrogens is 257 g/mol. The fraction of sp³-hybridized carbons (Fsp3) is 0.714. The van der Waals surface area contributed by atoms with Crippen molar-refractivity contribution in [3.8, 4) is 0 Å². The minimum absolute atomic E-state index is 0.00634. The van der Waals surface area contributed by atoms with Gasteiger partial charge in [-0.05, 0) is 0 Å². The predicted octanol–water partition coefficient (Wildman–Crippen LogP) is -3.15. The van der Waals surface area contributed by atoms with Gasteiger partial charge in [0.05, 0.1) is 0 Å². The molecule has 1 aliphatic rings. The summed E-state index contributed by atoms with van der Waals surface area (Å²) in [7, 11) is 1.57. The fourth-order valence-corrected chi connectivity index (χ4v) is 3.56. The molecule has 0 aromatic rings. The van der Waals surface area contributed by atoms with E-state index in [4.69, 9.17) is 0 Å². The van der Waals surface area contributed by atoms with Crippen LogP contribution in [-0.4, -0.2) is 32.1 Å². The second kappa shape index (κ2) is 3.51. The molecule has 0 aromatic carbocycles. The summed E-state index contributed by atoms with van der Waals surface area (Å²) in [5.41, 5.74) is 0. The van der Waals surface area contributed by atoms with Crippen LogP contribution in [0.2, 0.25) is 0 Å². The van der Waals surface area contributed by atoms with Gasteiger partial charge in [0.25, 0.3) is 0 Å². The Morgan fingerprint density at radius 3 is 2.64 bits per heavy atom. The molecule has 0 bridgehead atoms. The van der Waals surface area contributed by atoms with E-state index >= 15 is 0 Å². The van der Waals surface area contributed by atoms with Gasteiger partial charge in [-0.2, -0.15) is 0 Å². The quantitative estimate of drug-likeness (QED) is 0.301. The number of hydrogen-bond acceptors (Lipinski definition) is 2. The van der Waals surface area contributed by atoms with E-state index < -0.39 is 0 Å². The van der Waals surface area contributed by atoms with E-state index in [2.05, 4.69) is 6.92 Å². The number of alkyl halides is 2. The van der Waals surface area contributed by atoms with Crippen LogP contribution in [0.5, 0.6) is 0 Å². The first-order valence-electron chi connectivity index (χ1n) is 3.55. The number of carbonyl (C=O) groups excluding carboxylic acids is 2. The molecule has 1 unspecified atom stereocenters. The molecule has 0 spiro atoms. The van der Waals surface area contributed by atoms with Gasteiger partial charge < -0.3 is 0 Å². The van der Waals surface area contributed by atoms with Gasteiger partial charge in [0.2, 0.25) is 0 Å². The fourth-order valence-electron chi connectivity index (χ4n) is 1.02. The zero-order valence-electron chi connectivity index (χ0n) is 6.63. The minimum atomic E-state index is -0.0822. The molecule has 11 heavy (non-hydrogen) atoms. The Hall–Kier alpha value is -0.130. The van der Waals surface area contributed by atoms with Crippen LogP contribution >= 0.6 is 0 Å². The monoisotopic (exact) mass is 268 g/mol. The molecule has 1 heterocycles. The molecule has 0 saturated carbocycles. The van der Waals surface area contributed by atoms with Crippen molar-refractivity contribution < 1.29 is 30.8 Å². The van der Waals surface area contributed by atoms with Crippen molar-refractivity contribution in [2.45, 2.75) is 17.3 Å². The average Bonchev–Trinajstić information content (AvgIpc) is 2.19. The van der Waals surface area contributed by atoms with Crippen molar-refractivity contribution in [3.63, 3.8) is 0 Å². The van der Waals surface area contributed by atoms with Crippen molar-refractivity contribution in [2.24, 2.45) is 0 Å². The maximum absolute atomic E-state index is 11.2. The summed E-state index contributed by atoms with van der Waals surface area (Å²) in [6.45, 7) is 2.07. The van der Waals surface area contributed by atoms with E-state index in [9.17, 15) is 9.59 Å². The van der Waals surface area contributed by atoms with Crippen molar-refractivity contribution in [1.82, 2.24) is 4.90 Å². The second-order valence-corrected chi connectivity index (χ2v) is 6.29. The van der Waals surface area contributed by atoms with Crippen molar-refractivity contribution in [3.05, 3.63) is 0 Å². The molecule has 4 heteroatoms. The number of halogens is 1. The second-order valence-electron chi connectivity index (χ2n) is 2.38. The molecule has 2 amide bonds. The van der Waals surface area contributed by atoms with E-state index in [0.29, 0.717) is 6.42 Å². The molecule has 1 fully saturated rings. The molecule has 1 atom stereocenters. The van der Waals surface area contributed by atoms with Crippen LogP contribution in [0.15, 0.2) is 0 Å². The molecule has 3 nitrogen and oxygen atoms in total. The molecule has 0 N–H and O–H groups in total. The van der Waals surface area contributed by atoms with Gasteiger partial charge in [0.1, 0.15) is 0 Å². The van der Waals surface area contributed by atoms with Gasteiger partial charge in [0, 0.05) is 0 Å². The normalized spacial score (nSPS) is 25.3. The van der Waals surface area contributed by atoms with Gasteiger partial charge >= 0.3 is 76.3 Å². The first kappa shape index (κ1) is 8.96. The van der Waals surface area contributed by atoms with Gasteiger partial charge in [-0.15, -0.1) is 0 Å². The molecule has 64 valence electrons. The molecule has 0 aliphatic carbocycles. The zero-order valence-corrected chi connectivity index (χ0v) is 8.79. The van der Waals surface area contributed by atoms with Gasteiger partial charge in [0.15, 0.2) is 0 Å². The summed E-state index contributed by atoms with van der Waals surface area (Å²) in [5.74, 6) is 0.0396. The van der Waals surface area contributed by atoms with Crippen LogP contribution in [0.1, 0.15) is 13.3 Å². The Balaban J connectivity index is 2.60. The van der Waals surface area contributed by atoms with Crippen molar-refractivity contribution in [1.29, 1.82) is 0 Å². The number of rotatable bonds is 2. The van der Waals surface area contributed by atoms with Crippen LogP contribution in [0.3, 0.4) is 0 Å². The Bertz CT molecular complexity index is 193. The molecule has 1 aliphatic heterocycles. The molecular formula is C7H11INO2-. The molecule has 0 aromatic heterocycles. The number of imide groups is 1. The van der Waals surface area contributed by atoms with E-state index in [1.54, 1.807) is 7.05 Å². The van der Waals surface area contributed by atoms with E-state index in [0.717, 1.165) is 4.43 Å². The third kappa shape index (κ3) is 1.72. The topological polar surface area (TPSA) is 37.4 Å². The SMILES string of the molecule is CC[I-]C1CC(=O)N(C)C1=O. The summed E-state index contributed by atoms with van der Waals surface area (Å²) >= 11 is -0.0822. The van der Waals surface area contributed by atoms with Crippen LogP contribution in [-0.2, 0) is 9.59 Å². The summed E-state index contributed by atoms with van der Waals surface area (Å²) in [6.07, 6.45) is 0.469. The van der Waals surface area contributed by atoms with Crippen molar-refractivity contribution in [2.75, 3.05) is 11.5 Å². The van der Waals surface area contributed by atoms with Crippen LogP contribution < -0.4 is 21.2 Å². The molecule has 1 rings (SSSR count). The standard InChI is InChI=1S/C7H11INO2/c1-3-8-5-4-6(10)9(2)7(5)11/h5H,3-4H2,1-2H3/q-1. The van der Waals surface area contributed by atoms with Crippen molar-refractivity contribution >= 4 is 11.8 Å². The summed E-state index contributed by atoms with van der Waals surface area (Å²) in [6, 6.07) is 0. The van der Waals surface area contributed by atoms with Crippen LogP contribution in [0, 0.1) is 0 Å². The Kier molecular flexibility index (Phi) is 2.86.